The van der Waals surface area contributed by atoms with Gasteiger partial charge < -0.3 is 10.6 Å². The maximum Gasteiger partial charge on any atom is 0.170 e. The SMILES string of the molecule is CNC(=S)Nc1ccc(C)c(Cl)c1. The van der Waals surface area contributed by atoms with Crippen molar-refractivity contribution in [2.24, 2.45) is 0 Å². The number of hydrogen-bond donors (Lipinski definition) is 2. The molecule has 0 bridgehead atoms. The zero-order chi connectivity index (χ0) is 9.84. The molecule has 0 aromatic heterocycles. The highest BCUT2D eigenvalue weighted by molar-refractivity contribution is 7.80. The van der Waals surface area contributed by atoms with Crippen LogP contribution in [0, 0.1) is 6.92 Å². The van der Waals surface area contributed by atoms with Crippen LogP contribution in [-0.2, 0) is 0 Å². The third-order valence-corrected chi connectivity index (χ3v) is 2.37. The molecule has 2 nitrogen and oxygen atoms in total. The molecule has 0 spiro atoms. The lowest BCUT2D eigenvalue weighted by Crippen LogP contribution is -2.24. The lowest BCUT2D eigenvalue weighted by molar-refractivity contribution is 1.20. The van der Waals surface area contributed by atoms with Gasteiger partial charge in [-0.1, -0.05) is 17.7 Å². The minimum atomic E-state index is 0.583. The maximum absolute atomic E-state index is 5.94. The van der Waals surface area contributed by atoms with Crippen LogP contribution in [0.25, 0.3) is 0 Å². The Morgan fingerprint density at radius 1 is 1.46 bits per heavy atom. The molecule has 0 radical (unpaired) electrons. The Morgan fingerprint density at radius 3 is 2.69 bits per heavy atom. The molecule has 0 atom stereocenters. The molecule has 4 heteroatoms. The molecule has 0 aliphatic carbocycles. The van der Waals surface area contributed by atoms with Gasteiger partial charge in [-0.3, -0.25) is 0 Å². The first-order valence-electron chi connectivity index (χ1n) is 3.88. The van der Waals surface area contributed by atoms with E-state index in [1.807, 2.05) is 25.1 Å². The standard InChI is InChI=1S/C9H11ClN2S/c1-6-3-4-7(5-8(6)10)12-9(13)11-2/h3-5H,1-2H3,(H2,11,12,13). The maximum atomic E-state index is 5.94. The van der Waals surface area contributed by atoms with E-state index in [9.17, 15) is 0 Å². The molecule has 0 unspecified atom stereocenters. The Labute approximate surface area is 88.3 Å². The Bertz CT molecular complexity index is 325. The van der Waals surface area contributed by atoms with E-state index in [1.165, 1.54) is 0 Å². The minimum Gasteiger partial charge on any atom is -0.366 e. The van der Waals surface area contributed by atoms with E-state index >= 15 is 0 Å². The van der Waals surface area contributed by atoms with Crippen molar-refractivity contribution in [3.63, 3.8) is 0 Å². The van der Waals surface area contributed by atoms with E-state index in [1.54, 1.807) is 7.05 Å². The average Bonchev–Trinajstić information content (AvgIpc) is 2.11. The number of halogens is 1. The van der Waals surface area contributed by atoms with Crippen LogP contribution in [0.1, 0.15) is 5.56 Å². The number of nitrogens with one attached hydrogen (secondary N) is 2. The van der Waals surface area contributed by atoms with Crippen molar-refractivity contribution in [3.8, 4) is 0 Å². The van der Waals surface area contributed by atoms with E-state index < -0.39 is 0 Å². The zero-order valence-corrected chi connectivity index (χ0v) is 9.09. The van der Waals surface area contributed by atoms with E-state index in [0.29, 0.717) is 5.11 Å². The molecule has 0 saturated heterocycles. The first kappa shape index (κ1) is 10.3. The second kappa shape index (κ2) is 4.44. The van der Waals surface area contributed by atoms with Crippen molar-refractivity contribution in [1.29, 1.82) is 0 Å². The predicted octanol–water partition coefficient (Wildman–Crippen LogP) is 2.56. The van der Waals surface area contributed by atoms with Crippen molar-refractivity contribution in [3.05, 3.63) is 28.8 Å². The highest BCUT2D eigenvalue weighted by atomic mass is 35.5. The van der Waals surface area contributed by atoms with Gasteiger partial charge in [0.25, 0.3) is 0 Å². The molecular weight excluding hydrogens is 204 g/mol. The van der Waals surface area contributed by atoms with Gasteiger partial charge in [-0.25, -0.2) is 0 Å². The summed E-state index contributed by atoms with van der Waals surface area (Å²) in [5.74, 6) is 0. The number of anilines is 1. The normalized spacial score (nSPS) is 9.46. The number of rotatable bonds is 1. The summed E-state index contributed by atoms with van der Waals surface area (Å²) in [7, 11) is 1.77. The van der Waals surface area contributed by atoms with Gasteiger partial charge in [-0.05, 0) is 36.8 Å². The van der Waals surface area contributed by atoms with E-state index in [2.05, 4.69) is 10.6 Å². The number of aryl methyl sites for hydroxylation is 1. The largest absolute Gasteiger partial charge is 0.366 e. The lowest BCUT2D eigenvalue weighted by Gasteiger charge is -2.07. The van der Waals surface area contributed by atoms with Crippen LogP contribution in [0.5, 0.6) is 0 Å². The average molecular weight is 215 g/mol. The summed E-state index contributed by atoms with van der Waals surface area (Å²) < 4.78 is 0. The molecule has 0 amide bonds. The molecule has 1 aromatic rings. The fourth-order valence-corrected chi connectivity index (χ4v) is 1.16. The van der Waals surface area contributed by atoms with Crippen LogP contribution in [0.3, 0.4) is 0 Å². The van der Waals surface area contributed by atoms with Crippen LogP contribution in [0.2, 0.25) is 5.02 Å². The Balaban J connectivity index is 2.79. The Hall–Kier alpha value is -0.800. The molecule has 0 heterocycles. The summed E-state index contributed by atoms with van der Waals surface area (Å²) in [6.07, 6.45) is 0. The van der Waals surface area contributed by atoms with Crippen LogP contribution in [-0.4, -0.2) is 12.2 Å². The number of thiocarbonyl (C=S) groups is 1. The fraction of sp³-hybridized carbons (Fsp3) is 0.222. The summed E-state index contributed by atoms with van der Waals surface area (Å²) in [6, 6.07) is 5.73. The van der Waals surface area contributed by atoms with Gasteiger partial charge in [0.15, 0.2) is 5.11 Å². The summed E-state index contributed by atoms with van der Waals surface area (Å²) in [5.41, 5.74) is 1.96. The summed E-state index contributed by atoms with van der Waals surface area (Å²) in [4.78, 5) is 0. The molecule has 0 fully saturated rings. The lowest BCUT2D eigenvalue weighted by atomic mass is 10.2. The summed E-state index contributed by atoms with van der Waals surface area (Å²) in [5, 5.41) is 7.14. The van der Waals surface area contributed by atoms with Crippen LogP contribution >= 0.6 is 23.8 Å². The fourth-order valence-electron chi connectivity index (χ4n) is 0.864. The number of benzene rings is 1. The molecule has 0 aliphatic rings. The van der Waals surface area contributed by atoms with Gasteiger partial charge in [-0.15, -0.1) is 0 Å². The van der Waals surface area contributed by atoms with E-state index in [-0.39, 0.29) is 0 Å². The Morgan fingerprint density at radius 2 is 2.15 bits per heavy atom. The molecule has 1 rings (SSSR count). The highest BCUT2D eigenvalue weighted by Gasteiger charge is 1.98. The summed E-state index contributed by atoms with van der Waals surface area (Å²) >= 11 is 10.9. The Kier molecular flexibility index (Phi) is 3.51. The van der Waals surface area contributed by atoms with Crippen molar-refractivity contribution < 1.29 is 0 Å². The first-order valence-corrected chi connectivity index (χ1v) is 4.67. The van der Waals surface area contributed by atoms with Crippen molar-refractivity contribution in [2.75, 3.05) is 12.4 Å². The van der Waals surface area contributed by atoms with E-state index in [4.69, 9.17) is 23.8 Å². The van der Waals surface area contributed by atoms with Gasteiger partial charge in [0.05, 0.1) is 0 Å². The molecule has 13 heavy (non-hydrogen) atoms. The smallest absolute Gasteiger partial charge is 0.170 e. The van der Waals surface area contributed by atoms with Crippen LogP contribution < -0.4 is 10.6 Å². The van der Waals surface area contributed by atoms with Crippen molar-refractivity contribution >= 4 is 34.6 Å². The van der Waals surface area contributed by atoms with Crippen LogP contribution in [0.15, 0.2) is 18.2 Å². The summed E-state index contributed by atoms with van der Waals surface area (Å²) in [6.45, 7) is 1.96. The first-order chi connectivity index (χ1) is 6.13. The molecule has 0 saturated carbocycles. The molecule has 70 valence electrons. The van der Waals surface area contributed by atoms with Gasteiger partial charge in [0.1, 0.15) is 0 Å². The third-order valence-electron chi connectivity index (χ3n) is 1.66. The van der Waals surface area contributed by atoms with Gasteiger partial charge in [0.2, 0.25) is 0 Å². The molecule has 0 aliphatic heterocycles. The van der Waals surface area contributed by atoms with Gasteiger partial charge >= 0.3 is 0 Å². The van der Waals surface area contributed by atoms with Gasteiger partial charge in [0, 0.05) is 17.8 Å². The second-order valence-electron chi connectivity index (χ2n) is 2.67. The topological polar surface area (TPSA) is 24.1 Å². The minimum absolute atomic E-state index is 0.583. The molecular formula is C9H11ClN2S. The monoisotopic (exact) mass is 214 g/mol. The van der Waals surface area contributed by atoms with E-state index in [0.717, 1.165) is 16.3 Å². The van der Waals surface area contributed by atoms with Gasteiger partial charge in [-0.2, -0.15) is 0 Å². The molecule has 1 aromatic carbocycles. The second-order valence-corrected chi connectivity index (χ2v) is 3.48. The highest BCUT2D eigenvalue weighted by Crippen LogP contribution is 2.19. The zero-order valence-electron chi connectivity index (χ0n) is 7.52. The predicted molar refractivity (Wildman–Crippen MR) is 61.5 cm³/mol. The molecule has 2 N–H and O–H groups in total. The van der Waals surface area contributed by atoms with Crippen molar-refractivity contribution in [2.45, 2.75) is 6.92 Å². The quantitative estimate of drug-likeness (QED) is 0.703. The van der Waals surface area contributed by atoms with Crippen molar-refractivity contribution in [1.82, 2.24) is 5.32 Å². The van der Waals surface area contributed by atoms with Crippen LogP contribution in [0.4, 0.5) is 5.69 Å². The third kappa shape index (κ3) is 2.86. The number of hydrogen-bond acceptors (Lipinski definition) is 1.